The van der Waals surface area contributed by atoms with Gasteiger partial charge in [-0.2, -0.15) is 5.10 Å². The van der Waals surface area contributed by atoms with Crippen LogP contribution in [0.4, 0.5) is 0 Å². The molecule has 2 heterocycles. The summed E-state index contributed by atoms with van der Waals surface area (Å²) in [4.78, 5) is 11.3. The highest BCUT2D eigenvalue weighted by atomic mass is 16.5. The highest BCUT2D eigenvalue weighted by molar-refractivity contribution is 5.79. The number of guanidine groups is 1. The molecule has 1 fully saturated rings. The fourth-order valence-electron chi connectivity index (χ4n) is 3.15. The second-order valence-electron chi connectivity index (χ2n) is 6.59. The molecular weight excluding hydrogens is 342 g/mol. The lowest BCUT2D eigenvalue weighted by Gasteiger charge is -2.26. The molecule has 2 aromatic rings. The van der Waals surface area contributed by atoms with Gasteiger partial charge in [0.15, 0.2) is 11.8 Å². The van der Waals surface area contributed by atoms with E-state index in [0.29, 0.717) is 12.4 Å². The van der Waals surface area contributed by atoms with Crippen LogP contribution in [-0.4, -0.2) is 66.4 Å². The Hall–Kier alpha value is -2.61. The van der Waals surface area contributed by atoms with Crippen LogP contribution in [-0.2, 0) is 6.54 Å². The lowest BCUT2D eigenvalue weighted by molar-refractivity contribution is 0.232. The Labute approximate surface area is 160 Å². The number of hydrogen-bond donors (Lipinski definition) is 3. The Morgan fingerprint density at radius 3 is 2.67 bits per heavy atom. The molecule has 27 heavy (non-hydrogen) atoms. The van der Waals surface area contributed by atoms with Gasteiger partial charge in [0.2, 0.25) is 0 Å². The number of aliphatic imine (C=N–C) groups is 1. The number of hydrogen-bond acceptors (Lipinski definition) is 5. The Bertz CT molecular complexity index is 720. The Balaban J connectivity index is 1.44. The maximum atomic E-state index is 5.18. The smallest absolute Gasteiger partial charge is 0.191 e. The molecule has 0 amide bonds. The van der Waals surface area contributed by atoms with Gasteiger partial charge in [-0.3, -0.25) is 10.1 Å². The summed E-state index contributed by atoms with van der Waals surface area (Å²) >= 11 is 0. The number of aromatic amines is 1. The van der Waals surface area contributed by atoms with Crippen molar-refractivity contribution in [2.45, 2.75) is 25.8 Å². The molecule has 0 atom stereocenters. The van der Waals surface area contributed by atoms with E-state index >= 15 is 0 Å². The fraction of sp³-hybridized carbons (Fsp3) is 0.526. The number of likely N-dealkylation sites (tertiary alicyclic amines) is 1. The van der Waals surface area contributed by atoms with E-state index in [0.717, 1.165) is 36.2 Å². The van der Waals surface area contributed by atoms with E-state index in [4.69, 9.17) is 4.74 Å². The Morgan fingerprint density at radius 2 is 1.96 bits per heavy atom. The number of nitrogens with zero attached hydrogens (tertiary/aromatic N) is 4. The van der Waals surface area contributed by atoms with Crippen molar-refractivity contribution >= 4 is 5.96 Å². The van der Waals surface area contributed by atoms with Crippen LogP contribution in [0.15, 0.2) is 29.3 Å². The third-order valence-corrected chi connectivity index (χ3v) is 4.70. The number of piperidine rings is 1. The van der Waals surface area contributed by atoms with Crippen LogP contribution < -0.4 is 15.4 Å². The maximum absolute atomic E-state index is 5.18. The number of methoxy groups -OCH3 is 1. The van der Waals surface area contributed by atoms with Crippen molar-refractivity contribution in [2.24, 2.45) is 4.99 Å². The second-order valence-corrected chi connectivity index (χ2v) is 6.59. The molecule has 3 N–H and O–H groups in total. The minimum Gasteiger partial charge on any atom is -0.497 e. The number of ether oxygens (including phenoxy) is 1. The lowest BCUT2D eigenvalue weighted by Crippen LogP contribution is -2.42. The summed E-state index contributed by atoms with van der Waals surface area (Å²) in [7, 11) is 3.43. The maximum Gasteiger partial charge on any atom is 0.191 e. The van der Waals surface area contributed by atoms with Gasteiger partial charge in [0.25, 0.3) is 0 Å². The standard InChI is InChI=1S/C19H29N7O/c1-20-19(21-10-13-26-11-4-3-5-12-26)22-14-17-23-18(25-24-17)15-6-8-16(27-2)9-7-15/h6-9H,3-5,10-14H2,1-2H3,(H2,20,21,22)(H,23,24,25). The quantitative estimate of drug-likeness (QED) is 0.506. The van der Waals surface area contributed by atoms with E-state index in [1.54, 1.807) is 14.2 Å². The molecule has 3 rings (SSSR count). The van der Waals surface area contributed by atoms with Gasteiger partial charge in [-0.05, 0) is 50.2 Å². The molecule has 8 heteroatoms. The molecule has 1 aromatic carbocycles. The highest BCUT2D eigenvalue weighted by Gasteiger charge is 2.10. The zero-order chi connectivity index (χ0) is 18.9. The van der Waals surface area contributed by atoms with Crippen molar-refractivity contribution in [3.8, 4) is 17.1 Å². The van der Waals surface area contributed by atoms with Crippen LogP contribution in [0.2, 0.25) is 0 Å². The molecule has 1 aliphatic rings. The normalized spacial score (nSPS) is 15.6. The van der Waals surface area contributed by atoms with Gasteiger partial charge < -0.3 is 20.3 Å². The Kier molecular flexibility index (Phi) is 7.04. The van der Waals surface area contributed by atoms with Crippen LogP contribution in [0.3, 0.4) is 0 Å². The van der Waals surface area contributed by atoms with E-state index in [1.165, 1.54) is 32.4 Å². The van der Waals surface area contributed by atoms with Gasteiger partial charge in [-0.15, -0.1) is 0 Å². The van der Waals surface area contributed by atoms with E-state index < -0.39 is 0 Å². The molecule has 8 nitrogen and oxygen atoms in total. The van der Waals surface area contributed by atoms with Gasteiger partial charge in [-0.1, -0.05) is 6.42 Å². The molecule has 0 radical (unpaired) electrons. The first-order valence-electron chi connectivity index (χ1n) is 9.51. The summed E-state index contributed by atoms with van der Waals surface area (Å²) < 4.78 is 5.18. The average Bonchev–Trinajstić information content (AvgIpc) is 3.20. The molecular formula is C19H29N7O. The molecule has 1 saturated heterocycles. The molecule has 146 valence electrons. The van der Waals surface area contributed by atoms with Crippen molar-refractivity contribution in [1.82, 2.24) is 30.7 Å². The van der Waals surface area contributed by atoms with Crippen LogP contribution >= 0.6 is 0 Å². The summed E-state index contributed by atoms with van der Waals surface area (Å²) in [6, 6.07) is 7.69. The van der Waals surface area contributed by atoms with E-state index in [-0.39, 0.29) is 0 Å². The molecule has 0 aliphatic carbocycles. The van der Waals surface area contributed by atoms with Crippen LogP contribution in [0.5, 0.6) is 5.75 Å². The molecule has 0 saturated carbocycles. The second kappa shape index (κ2) is 9.91. The van der Waals surface area contributed by atoms with Crippen molar-refractivity contribution in [3.05, 3.63) is 30.1 Å². The number of nitrogens with one attached hydrogen (secondary N) is 3. The molecule has 0 unspecified atom stereocenters. The van der Waals surface area contributed by atoms with Gasteiger partial charge in [0.05, 0.1) is 13.7 Å². The van der Waals surface area contributed by atoms with E-state index in [9.17, 15) is 0 Å². The predicted molar refractivity (Wildman–Crippen MR) is 107 cm³/mol. The van der Waals surface area contributed by atoms with Gasteiger partial charge in [0, 0.05) is 25.7 Å². The van der Waals surface area contributed by atoms with Crippen molar-refractivity contribution in [1.29, 1.82) is 0 Å². The lowest BCUT2D eigenvalue weighted by atomic mass is 10.1. The summed E-state index contributed by atoms with van der Waals surface area (Å²) in [5.74, 6) is 3.02. The topological polar surface area (TPSA) is 90.5 Å². The fourth-order valence-corrected chi connectivity index (χ4v) is 3.15. The number of rotatable bonds is 7. The number of benzene rings is 1. The highest BCUT2D eigenvalue weighted by Crippen LogP contribution is 2.18. The number of aromatic nitrogens is 3. The minimum absolute atomic E-state index is 0.534. The van der Waals surface area contributed by atoms with Gasteiger partial charge in [0.1, 0.15) is 11.6 Å². The summed E-state index contributed by atoms with van der Waals surface area (Å²) in [6.07, 6.45) is 3.99. The zero-order valence-electron chi connectivity index (χ0n) is 16.2. The zero-order valence-corrected chi connectivity index (χ0v) is 16.2. The van der Waals surface area contributed by atoms with Gasteiger partial charge in [-0.25, -0.2) is 4.98 Å². The average molecular weight is 371 g/mol. The third-order valence-electron chi connectivity index (χ3n) is 4.70. The molecule has 0 spiro atoms. The molecule has 1 aromatic heterocycles. The van der Waals surface area contributed by atoms with Crippen molar-refractivity contribution in [3.63, 3.8) is 0 Å². The first-order chi connectivity index (χ1) is 13.3. The largest absolute Gasteiger partial charge is 0.497 e. The summed E-state index contributed by atoms with van der Waals surface area (Å²) in [5.41, 5.74) is 0.947. The van der Waals surface area contributed by atoms with Crippen LogP contribution in [0.1, 0.15) is 25.1 Å². The van der Waals surface area contributed by atoms with Crippen LogP contribution in [0.25, 0.3) is 11.4 Å². The molecule has 0 bridgehead atoms. The molecule has 1 aliphatic heterocycles. The third kappa shape index (κ3) is 5.68. The summed E-state index contributed by atoms with van der Waals surface area (Å²) in [6.45, 7) is 4.88. The first kappa shape index (κ1) is 19.2. The number of H-pyrrole nitrogens is 1. The van der Waals surface area contributed by atoms with E-state index in [1.807, 2.05) is 24.3 Å². The van der Waals surface area contributed by atoms with Crippen LogP contribution in [0, 0.1) is 0 Å². The minimum atomic E-state index is 0.534. The van der Waals surface area contributed by atoms with Crippen molar-refractivity contribution in [2.75, 3.05) is 40.3 Å². The summed E-state index contributed by atoms with van der Waals surface area (Å²) in [5, 5.41) is 13.9. The van der Waals surface area contributed by atoms with E-state index in [2.05, 4.69) is 35.7 Å². The van der Waals surface area contributed by atoms with Crippen molar-refractivity contribution < 1.29 is 4.74 Å². The SMILES string of the molecule is CN=C(NCCN1CCCCC1)NCc1nc(-c2ccc(OC)cc2)n[nH]1. The Morgan fingerprint density at radius 1 is 1.19 bits per heavy atom. The van der Waals surface area contributed by atoms with Gasteiger partial charge >= 0.3 is 0 Å². The predicted octanol–water partition coefficient (Wildman–Crippen LogP) is 1.63. The monoisotopic (exact) mass is 371 g/mol. The first-order valence-corrected chi connectivity index (χ1v) is 9.51.